The van der Waals surface area contributed by atoms with Crippen LogP contribution < -0.4 is 5.73 Å². The lowest BCUT2D eigenvalue weighted by atomic mass is 9.88. The Morgan fingerprint density at radius 2 is 1.84 bits per heavy atom. The second-order valence-corrected chi connectivity index (χ2v) is 6.18. The highest BCUT2D eigenvalue weighted by Crippen LogP contribution is 2.21. The molecule has 1 aliphatic heterocycles. The Hall–Kier alpha value is -0.610. The topological polar surface area (TPSA) is 55.6 Å². The molecule has 0 bridgehead atoms. The van der Waals surface area contributed by atoms with E-state index in [1.54, 1.807) is 0 Å². The van der Waals surface area contributed by atoms with E-state index in [0.717, 1.165) is 25.9 Å². The van der Waals surface area contributed by atoms with Gasteiger partial charge < -0.3 is 15.4 Å². The van der Waals surface area contributed by atoms with Gasteiger partial charge in [0.15, 0.2) is 0 Å². The largest absolute Gasteiger partial charge is 0.372 e. The van der Waals surface area contributed by atoms with Crippen molar-refractivity contribution >= 4 is 5.91 Å². The van der Waals surface area contributed by atoms with Gasteiger partial charge in [-0.2, -0.15) is 0 Å². The summed E-state index contributed by atoms with van der Waals surface area (Å²) in [7, 11) is 0. The Balaban J connectivity index is 2.41. The van der Waals surface area contributed by atoms with Crippen LogP contribution in [-0.2, 0) is 9.53 Å². The van der Waals surface area contributed by atoms with Crippen molar-refractivity contribution in [2.75, 3.05) is 19.6 Å². The van der Waals surface area contributed by atoms with Crippen LogP contribution in [0.4, 0.5) is 0 Å². The van der Waals surface area contributed by atoms with Crippen molar-refractivity contribution in [1.82, 2.24) is 4.90 Å². The Labute approximate surface area is 117 Å². The number of morpholine rings is 1. The van der Waals surface area contributed by atoms with E-state index >= 15 is 0 Å². The number of amides is 1. The lowest BCUT2D eigenvalue weighted by Crippen LogP contribution is -2.48. The van der Waals surface area contributed by atoms with Crippen LogP contribution in [0.25, 0.3) is 0 Å². The summed E-state index contributed by atoms with van der Waals surface area (Å²) in [6.07, 6.45) is 2.91. The summed E-state index contributed by atoms with van der Waals surface area (Å²) < 4.78 is 5.66. The summed E-state index contributed by atoms with van der Waals surface area (Å²) in [6.45, 7) is 10.7. The first-order valence-corrected chi connectivity index (χ1v) is 7.57. The van der Waals surface area contributed by atoms with Crippen molar-refractivity contribution < 1.29 is 9.53 Å². The molecule has 112 valence electrons. The summed E-state index contributed by atoms with van der Waals surface area (Å²) in [4.78, 5) is 14.2. The van der Waals surface area contributed by atoms with Crippen LogP contribution >= 0.6 is 0 Å². The van der Waals surface area contributed by atoms with E-state index in [1.165, 1.54) is 0 Å². The molecule has 1 heterocycles. The van der Waals surface area contributed by atoms with Gasteiger partial charge >= 0.3 is 0 Å². The number of carbonyl (C=O) groups excluding carboxylic acids is 1. The summed E-state index contributed by atoms with van der Waals surface area (Å²) in [6, 6.07) is 0. The SMILES string of the molecule is CC1CN(C(=O)CCC(CCN)C(C)C)CC(C)O1. The third kappa shape index (κ3) is 5.49. The lowest BCUT2D eigenvalue weighted by Gasteiger charge is -2.35. The predicted molar refractivity (Wildman–Crippen MR) is 77.8 cm³/mol. The number of ether oxygens (including phenoxy) is 1. The van der Waals surface area contributed by atoms with Crippen LogP contribution in [0.1, 0.15) is 47.0 Å². The van der Waals surface area contributed by atoms with Crippen LogP contribution in [0.2, 0.25) is 0 Å². The summed E-state index contributed by atoms with van der Waals surface area (Å²) >= 11 is 0. The monoisotopic (exact) mass is 270 g/mol. The molecule has 2 N–H and O–H groups in total. The van der Waals surface area contributed by atoms with Crippen LogP contribution in [0, 0.1) is 11.8 Å². The summed E-state index contributed by atoms with van der Waals surface area (Å²) in [5, 5.41) is 0. The average molecular weight is 270 g/mol. The Morgan fingerprint density at radius 1 is 1.26 bits per heavy atom. The minimum absolute atomic E-state index is 0.151. The first-order valence-electron chi connectivity index (χ1n) is 7.57. The van der Waals surface area contributed by atoms with Gasteiger partial charge in [-0.15, -0.1) is 0 Å². The number of hydrogen-bond acceptors (Lipinski definition) is 3. The molecule has 3 atom stereocenters. The van der Waals surface area contributed by atoms with Gasteiger partial charge in [-0.25, -0.2) is 0 Å². The van der Waals surface area contributed by atoms with E-state index < -0.39 is 0 Å². The third-order valence-corrected chi connectivity index (χ3v) is 3.98. The molecule has 19 heavy (non-hydrogen) atoms. The minimum atomic E-state index is 0.151. The van der Waals surface area contributed by atoms with Gasteiger partial charge in [0.05, 0.1) is 12.2 Å². The second kappa shape index (κ2) is 7.85. The highest BCUT2D eigenvalue weighted by atomic mass is 16.5. The first kappa shape index (κ1) is 16.4. The van der Waals surface area contributed by atoms with Gasteiger partial charge in [0.2, 0.25) is 5.91 Å². The van der Waals surface area contributed by atoms with Crippen molar-refractivity contribution in [3.8, 4) is 0 Å². The van der Waals surface area contributed by atoms with Gasteiger partial charge in [0.25, 0.3) is 0 Å². The van der Waals surface area contributed by atoms with Gasteiger partial charge in [-0.05, 0) is 45.1 Å². The lowest BCUT2D eigenvalue weighted by molar-refractivity contribution is -0.143. The maximum atomic E-state index is 12.3. The number of carbonyl (C=O) groups is 1. The van der Waals surface area contributed by atoms with E-state index in [0.29, 0.717) is 24.8 Å². The fourth-order valence-electron chi connectivity index (χ4n) is 2.87. The zero-order valence-corrected chi connectivity index (χ0v) is 12.9. The molecule has 0 aliphatic carbocycles. The van der Waals surface area contributed by atoms with Crippen LogP contribution in [0.15, 0.2) is 0 Å². The summed E-state index contributed by atoms with van der Waals surface area (Å²) in [5.41, 5.74) is 5.64. The first-order chi connectivity index (χ1) is 8.93. The van der Waals surface area contributed by atoms with Gasteiger partial charge in [0.1, 0.15) is 0 Å². The molecule has 1 aliphatic rings. The Bertz CT molecular complexity index is 271. The molecule has 0 aromatic heterocycles. The van der Waals surface area contributed by atoms with Crippen molar-refractivity contribution in [2.24, 2.45) is 17.6 Å². The number of hydrogen-bond donors (Lipinski definition) is 1. The van der Waals surface area contributed by atoms with E-state index in [1.807, 2.05) is 18.7 Å². The van der Waals surface area contributed by atoms with Crippen molar-refractivity contribution in [1.29, 1.82) is 0 Å². The highest BCUT2D eigenvalue weighted by molar-refractivity contribution is 5.76. The fraction of sp³-hybridized carbons (Fsp3) is 0.933. The molecule has 1 amide bonds. The zero-order valence-electron chi connectivity index (χ0n) is 12.9. The zero-order chi connectivity index (χ0) is 14.4. The number of nitrogens with two attached hydrogens (primary N) is 1. The fourth-order valence-corrected chi connectivity index (χ4v) is 2.87. The summed E-state index contributed by atoms with van der Waals surface area (Å²) in [5.74, 6) is 1.42. The molecular weight excluding hydrogens is 240 g/mol. The molecule has 4 nitrogen and oxygen atoms in total. The second-order valence-electron chi connectivity index (χ2n) is 6.18. The Kier molecular flexibility index (Phi) is 6.80. The van der Waals surface area contributed by atoms with E-state index in [9.17, 15) is 4.79 Å². The average Bonchev–Trinajstić information content (AvgIpc) is 2.32. The molecule has 0 spiro atoms. The molecule has 0 radical (unpaired) electrons. The van der Waals surface area contributed by atoms with Gasteiger partial charge in [-0.3, -0.25) is 4.79 Å². The molecule has 4 heteroatoms. The molecule has 3 unspecified atom stereocenters. The number of rotatable bonds is 6. The van der Waals surface area contributed by atoms with Gasteiger partial charge in [0, 0.05) is 19.5 Å². The maximum Gasteiger partial charge on any atom is 0.222 e. The minimum Gasteiger partial charge on any atom is -0.372 e. The molecule has 0 aromatic rings. The van der Waals surface area contributed by atoms with E-state index in [4.69, 9.17) is 10.5 Å². The quantitative estimate of drug-likeness (QED) is 0.803. The predicted octanol–water partition coefficient (Wildman–Crippen LogP) is 2.02. The van der Waals surface area contributed by atoms with Gasteiger partial charge in [-0.1, -0.05) is 13.8 Å². The van der Waals surface area contributed by atoms with E-state index in [2.05, 4.69) is 13.8 Å². The molecule has 1 saturated heterocycles. The van der Waals surface area contributed by atoms with Crippen LogP contribution in [-0.4, -0.2) is 42.6 Å². The van der Waals surface area contributed by atoms with E-state index in [-0.39, 0.29) is 18.1 Å². The third-order valence-electron chi connectivity index (χ3n) is 3.98. The Morgan fingerprint density at radius 3 is 2.32 bits per heavy atom. The van der Waals surface area contributed by atoms with Crippen molar-refractivity contribution in [3.05, 3.63) is 0 Å². The van der Waals surface area contributed by atoms with Crippen LogP contribution in [0.5, 0.6) is 0 Å². The highest BCUT2D eigenvalue weighted by Gasteiger charge is 2.26. The molecule has 1 rings (SSSR count). The molecular formula is C15H30N2O2. The smallest absolute Gasteiger partial charge is 0.222 e. The van der Waals surface area contributed by atoms with Crippen molar-refractivity contribution in [2.45, 2.75) is 59.2 Å². The molecule has 0 saturated carbocycles. The normalized spacial score (nSPS) is 25.7. The van der Waals surface area contributed by atoms with Crippen LogP contribution in [0.3, 0.4) is 0 Å². The number of nitrogens with zero attached hydrogens (tertiary/aromatic N) is 1. The standard InChI is InChI=1S/C15H30N2O2/c1-11(2)14(7-8-16)5-6-15(18)17-9-12(3)19-13(4)10-17/h11-14H,5-10,16H2,1-4H3. The molecule has 0 aromatic carbocycles. The molecule has 1 fully saturated rings. The maximum absolute atomic E-state index is 12.3. The van der Waals surface area contributed by atoms with Crippen molar-refractivity contribution in [3.63, 3.8) is 0 Å².